The highest BCUT2D eigenvalue weighted by Gasteiger charge is 2.25. The SMILES string of the molecule is Cl.O=S(=O)(CC1CCNC1)c1ccc(Cl)nn1. The molecule has 0 amide bonds. The van der Waals surface area contributed by atoms with E-state index in [9.17, 15) is 8.42 Å². The van der Waals surface area contributed by atoms with Gasteiger partial charge in [-0.05, 0) is 37.6 Å². The molecule has 1 aliphatic rings. The molecule has 1 aromatic rings. The van der Waals surface area contributed by atoms with Crippen molar-refractivity contribution in [1.82, 2.24) is 15.5 Å². The number of halogens is 2. The van der Waals surface area contributed by atoms with Crippen LogP contribution in [-0.4, -0.2) is 37.5 Å². The lowest BCUT2D eigenvalue weighted by Gasteiger charge is -2.07. The molecule has 17 heavy (non-hydrogen) atoms. The monoisotopic (exact) mass is 297 g/mol. The zero-order valence-corrected chi connectivity index (χ0v) is 11.4. The van der Waals surface area contributed by atoms with E-state index in [0.717, 1.165) is 19.5 Å². The maximum absolute atomic E-state index is 11.9. The molecular weight excluding hydrogens is 285 g/mol. The Labute approximate surface area is 111 Å². The van der Waals surface area contributed by atoms with Gasteiger partial charge in [0.15, 0.2) is 20.0 Å². The van der Waals surface area contributed by atoms with Gasteiger partial charge in [-0.25, -0.2) is 8.42 Å². The van der Waals surface area contributed by atoms with Crippen LogP contribution in [0, 0.1) is 5.92 Å². The smallest absolute Gasteiger partial charge is 0.197 e. The summed E-state index contributed by atoms with van der Waals surface area (Å²) in [5.41, 5.74) is 0. The Morgan fingerprint density at radius 1 is 1.41 bits per heavy atom. The zero-order chi connectivity index (χ0) is 11.6. The highest BCUT2D eigenvalue weighted by atomic mass is 35.5. The van der Waals surface area contributed by atoms with Crippen molar-refractivity contribution in [3.63, 3.8) is 0 Å². The van der Waals surface area contributed by atoms with Crippen LogP contribution in [0.4, 0.5) is 0 Å². The first kappa shape index (κ1) is 14.6. The number of aromatic nitrogens is 2. The number of hydrogen-bond donors (Lipinski definition) is 1. The van der Waals surface area contributed by atoms with Crippen molar-refractivity contribution in [2.75, 3.05) is 18.8 Å². The lowest BCUT2D eigenvalue weighted by Crippen LogP contribution is -2.19. The topological polar surface area (TPSA) is 72.0 Å². The van der Waals surface area contributed by atoms with Crippen LogP contribution in [0.25, 0.3) is 0 Å². The van der Waals surface area contributed by atoms with Crippen LogP contribution in [0.1, 0.15) is 6.42 Å². The van der Waals surface area contributed by atoms with Gasteiger partial charge in [0.1, 0.15) is 0 Å². The molecule has 0 aromatic carbocycles. The lowest BCUT2D eigenvalue weighted by atomic mass is 10.2. The van der Waals surface area contributed by atoms with Crippen molar-refractivity contribution in [2.45, 2.75) is 11.4 Å². The Hall–Kier alpha value is -0.430. The summed E-state index contributed by atoms with van der Waals surface area (Å²) in [6.45, 7) is 1.63. The Bertz CT molecular complexity index is 458. The molecule has 1 fully saturated rings. The van der Waals surface area contributed by atoms with Crippen LogP contribution in [0.2, 0.25) is 5.15 Å². The van der Waals surface area contributed by atoms with Crippen LogP contribution in [0.5, 0.6) is 0 Å². The van der Waals surface area contributed by atoms with E-state index in [-0.39, 0.29) is 34.3 Å². The number of sulfone groups is 1. The van der Waals surface area contributed by atoms with Crippen LogP contribution in [0.3, 0.4) is 0 Å². The fourth-order valence-corrected chi connectivity index (χ4v) is 3.34. The van der Waals surface area contributed by atoms with Gasteiger partial charge in [-0.2, -0.15) is 0 Å². The van der Waals surface area contributed by atoms with Crippen LogP contribution < -0.4 is 5.32 Å². The number of hydrogen-bond acceptors (Lipinski definition) is 5. The van der Waals surface area contributed by atoms with Crippen molar-refractivity contribution in [2.24, 2.45) is 5.92 Å². The van der Waals surface area contributed by atoms with Gasteiger partial charge >= 0.3 is 0 Å². The van der Waals surface area contributed by atoms with E-state index in [1.54, 1.807) is 0 Å². The molecule has 0 spiro atoms. The van der Waals surface area contributed by atoms with Crippen molar-refractivity contribution < 1.29 is 8.42 Å². The quantitative estimate of drug-likeness (QED) is 0.899. The molecule has 0 bridgehead atoms. The second kappa shape index (κ2) is 5.95. The molecule has 2 rings (SSSR count). The second-order valence-electron chi connectivity index (χ2n) is 3.83. The molecule has 8 heteroatoms. The summed E-state index contributed by atoms with van der Waals surface area (Å²) >= 11 is 5.55. The lowest BCUT2D eigenvalue weighted by molar-refractivity contribution is 0.565. The van der Waals surface area contributed by atoms with Crippen molar-refractivity contribution in [3.05, 3.63) is 17.3 Å². The van der Waals surface area contributed by atoms with Gasteiger partial charge in [0.2, 0.25) is 0 Å². The van der Waals surface area contributed by atoms with E-state index in [4.69, 9.17) is 11.6 Å². The van der Waals surface area contributed by atoms with Crippen LogP contribution in [-0.2, 0) is 9.84 Å². The number of nitrogens with one attached hydrogen (secondary N) is 1. The molecule has 1 aliphatic heterocycles. The molecule has 2 heterocycles. The van der Waals surface area contributed by atoms with Gasteiger partial charge in [0.25, 0.3) is 0 Å². The summed E-state index contributed by atoms with van der Waals surface area (Å²) in [7, 11) is -3.33. The molecular formula is C9H13Cl2N3O2S. The number of nitrogens with zero attached hydrogens (tertiary/aromatic N) is 2. The highest BCUT2D eigenvalue weighted by molar-refractivity contribution is 7.91. The first-order valence-corrected chi connectivity index (χ1v) is 7.04. The normalized spacial score (nSPS) is 19.9. The average Bonchev–Trinajstić information content (AvgIpc) is 2.70. The standard InChI is InChI=1S/C9H12ClN3O2S.ClH/c10-8-1-2-9(13-12-8)16(14,15)6-7-3-4-11-5-7;/h1-2,7,11H,3-6H2;1H. The minimum absolute atomic E-state index is 0. The Morgan fingerprint density at radius 3 is 2.71 bits per heavy atom. The van der Waals surface area contributed by atoms with E-state index in [1.165, 1.54) is 12.1 Å². The van der Waals surface area contributed by atoms with E-state index in [2.05, 4.69) is 15.5 Å². The Morgan fingerprint density at radius 2 is 2.18 bits per heavy atom. The predicted molar refractivity (Wildman–Crippen MR) is 67.3 cm³/mol. The minimum Gasteiger partial charge on any atom is -0.316 e. The minimum atomic E-state index is -3.33. The van der Waals surface area contributed by atoms with Crippen LogP contribution in [0.15, 0.2) is 17.2 Å². The third kappa shape index (κ3) is 3.77. The van der Waals surface area contributed by atoms with E-state index < -0.39 is 9.84 Å². The van der Waals surface area contributed by atoms with Gasteiger partial charge in [-0.15, -0.1) is 22.6 Å². The molecule has 1 atom stereocenters. The van der Waals surface area contributed by atoms with Gasteiger partial charge in [-0.1, -0.05) is 11.6 Å². The third-order valence-electron chi connectivity index (χ3n) is 2.54. The second-order valence-corrected chi connectivity index (χ2v) is 6.20. The maximum Gasteiger partial charge on any atom is 0.197 e. The third-order valence-corrected chi connectivity index (χ3v) is 4.51. The Balaban J connectivity index is 0.00000144. The molecule has 5 nitrogen and oxygen atoms in total. The van der Waals surface area contributed by atoms with Gasteiger partial charge < -0.3 is 5.32 Å². The van der Waals surface area contributed by atoms with Gasteiger partial charge in [0, 0.05) is 0 Å². The Kier molecular flexibility index (Phi) is 5.12. The van der Waals surface area contributed by atoms with E-state index >= 15 is 0 Å². The molecule has 1 unspecified atom stereocenters. The summed E-state index contributed by atoms with van der Waals surface area (Å²) < 4.78 is 23.9. The maximum atomic E-state index is 11.9. The first-order valence-electron chi connectivity index (χ1n) is 5.00. The fraction of sp³-hybridized carbons (Fsp3) is 0.556. The molecule has 96 valence electrons. The average molecular weight is 298 g/mol. The predicted octanol–water partition coefficient (Wildman–Crippen LogP) is 0.935. The van der Waals surface area contributed by atoms with Crippen molar-refractivity contribution in [3.8, 4) is 0 Å². The summed E-state index contributed by atoms with van der Waals surface area (Å²) in [5.74, 6) is 0.290. The zero-order valence-electron chi connectivity index (χ0n) is 8.97. The summed E-state index contributed by atoms with van der Waals surface area (Å²) in [6.07, 6.45) is 0.889. The van der Waals surface area contributed by atoms with Gasteiger partial charge in [0.05, 0.1) is 5.75 Å². The van der Waals surface area contributed by atoms with E-state index in [1.807, 2.05) is 0 Å². The summed E-state index contributed by atoms with van der Waals surface area (Å²) in [6, 6.07) is 2.83. The summed E-state index contributed by atoms with van der Waals surface area (Å²) in [4.78, 5) is 0. The molecule has 0 radical (unpaired) electrons. The van der Waals surface area contributed by atoms with Crippen LogP contribution >= 0.6 is 24.0 Å². The molecule has 1 saturated heterocycles. The van der Waals surface area contributed by atoms with E-state index in [0.29, 0.717) is 0 Å². The fourth-order valence-electron chi connectivity index (χ4n) is 1.72. The first-order chi connectivity index (χ1) is 7.58. The summed E-state index contributed by atoms with van der Waals surface area (Å²) in [5, 5.41) is 10.5. The highest BCUT2D eigenvalue weighted by Crippen LogP contribution is 2.16. The van der Waals surface area contributed by atoms with Gasteiger partial charge in [-0.3, -0.25) is 0 Å². The van der Waals surface area contributed by atoms with Crippen molar-refractivity contribution in [1.29, 1.82) is 0 Å². The van der Waals surface area contributed by atoms with Crippen molar-refractivity contribution >= 4 is 33.8 Å². The molecule has 0 aliphatic carbocycles. The molecule has 1 aromatic heterocycles. The molecule has 1 N–H and O–H groups in total. The molecule has 0 saturated carbocycles. The largest absolute Gasteiger partial charge is 0.316 e. The number of rotatable bonds is 3.